The fraction of sp³-hybridized carbons (Fsp3) is 0.333. The van der Waals surface area contributed by atoms with Crippen LogP contribution in [-0.2, 0) is 23.1 Å². The van der Waals surface area contributed by atoms with E-state index in [-0.39, 0.29) is 17.3 Å². The number of sulfonamides is 1. The number of carbonyl (C=O) groups excluding carboxylic acids is 1. The zero-order valence-electron chi connectivity index (χ0n) is 17.8. The molecule has 160 valence electrons. The largest absolute Gasteiger partial charge is 0.497 e. The number of benzene rings is 2. The molecule has 8 nitrogen and oxygen atoms in total. The number of aromatic nitrogens is 2. The molecule has 0 atom stereocenters. The van der Waals surface area contributed by atoms with E-state index in [2.05, 4.69) is 4.98 Å². The summed E-state index contributed by atoms with van der Waals surface area (Å²) < 4.78 is 34.3. The first-order valence-electron chi connectivity index (χ1n) is 9.50. The number of fused-ring (bicyclic) bond motifs is 1. The van der Waals surface area contributed by atoms with Gasteiger partial charge in [0.25, 0.3) is 5.91 Å². The number of aryl methyl sites for hydroxylation is 1. The average molecular weight is 431 g/mol. The number of amides is 1. The lowest BCUT2D eigenvalue weighted by molar-refractivity contribution is 0.0827. The summed E-state index contributed by atoms with van der Waals surface area (Å²) in [7, 11) is 2.76. The van der Waals surface area contributed by atoms with Crippen molar-refractivity contribution in [2.24, 2.45) is 0 Å². The number of imidazole rings is 1. The Labute approximate surface area is 176 Å². The summed E-state index contributed by atoms with van der Waals surface area (Å²) in [5.74, 6) is 1.10. The fourth-order valence-electron chi connectivity index (χ4n) is 3.26. The molecular weight excluding hydrogens is 404 g/mol. The summed E-state index contributed by atoms with van der Waals surface area (Å²) in [4.78, 5) is 18.6. The minimum Gasteiger partial charge on any atom is -0.497 e. The van der Waals surface area contributed by atoms with Gasteiger partial charge in [0.05, 0.1) is 29.6 Å². The number of nitrogens with zero attached hydrogens (tertiary/aromatic N) is 4. The van der Waals surface area contributed by atoms with E-state index >= 15 is 0 Å². The molecule has 0 saturated carbocycles. The molecule has 2 aromatic carbocycles. The molecule has 0 spiro atoms. The van der Waals surface area contributed by atoms with Gasteiger partial charge in [0.2, 0.25) is 10.0 Å². The Morgan fingerprint density at radius 1 is 1.10 bits per heavy atom. The van der Waals surface area contributed by atoms with Crippen molar-refractivity contribution in [1.29, 1.82) is 0 Å². The number of rotatable bonds is 7. The average Bonchev–Trinajstić information content (AvgIpc) is 3.08. The number of hydrogen-bond acceptors (Lipinski definition) is 5. The molecule has 0 aliphatic heterocycles. The van der Waals surface area contributed by atoms with Crippen LogP contribution in [-0.4, -0.2) is 61.3 Å². The maximum absolute atomic E-state index is 13.0. The Balaban J connectivity index is 1.94. The zero-order valence-corrected chi connectivity index (χ0v) is 18.6. The summed E-state index contributed by atoms with van der Waals surface area (Å²) >= 11 is 0. The summed E-state index contributed by atoms with van der Waals surface area (Å²) in [6.07, 6.45) is 0. The molecule has 3 rings (SSSR count). The third kappa shape index (κ3) is 4.03. The van der Waals surface area contributed by atoms with Crippen LogP contribution in [0.4, 0.5) is 0 Å². The highest BCUT2D eigenvalue weighted by Gasteiger charge is 2.23. The van der Waals surface area contributed by atoms with Crippen LogP contribution in [0.25, 0.3) is 11.0 Å². The standard InChI is InChI=1S/C21H26N4O4S/c1-6-25-19-12-7-15(21(26)23(2)3)13-18(19)22-20(25)14-24(4)30(27,28)17-10-8-16(29-5)9-11-17/h7-13H,6,14H2,1-5H3. The lowest BCUT2D eigenvalue weighted by Crippen LogP contribution is -2.28. The molecular formula is C21H26N4O4S. The number of methoxy groups -OCH3 is 1. The molecule has 0 fully saturated rings. The van der Waals surface area contributed by atoms with Gasteiger partial charge in [0.1, 0.15) is 11.6 Å². The van der Waals surface area contributed by atoms with Gasteiger partial charge in [-0.3, -0.25) is 4.79 Å². The predicted octanol–water partition coefficient (Wildman–Crippen LogP) is 2.59. The van der Waals surface area contributed by atoms with Crippen molar-refractivity contribution in [1.82, 2.24) is 18.8 Å². The minimum atomic E-state index is -3.69. The van der Waals surface area contributed by atoms with Crippen LogP contribution in [0, 0.1) is 0 Å². The predicted molar refractivity (Wildman–Crippen MR) is 115 cm³/mol. The molecule has 9 heteroatoms. The number of ether oxygens (including phenoxy) is 1. The molecule has 0 unspecified atom stereocenters. The van der Waals surface area contributed by atoms with Crippen LogP contribution in [0.5, 0.6) is 5.75 Å². The molecule has 1 amide bonds. The molecule has 3 aromatic rings. The lowest BCUT2D eigenvalue weighted by atomic mass is 10.2. The Kier molecular flexibility index (Phi) is 6.14. The van der Waals surface area contributed by atoms with Gasteiger partial charge in [0, 0.05) is 33.3 Å². The highest BCUT2D eigenvalue weighted by Crippen LogP contribution is 2.23. The van der Waals surface area contributed by atoms with Crippen LogP contribution >= 0.6 is 0 Å². The van der Waals surface area contributed by atoms with E-state index in [9.17, 15) is 13.2 Å². The van der Waals surface area contributed by atoms with E-state index in [1.807, 2.05) is 17.6 Å². The topological polar surface area (TPSA) is 84.7 Å². The molecule has 0 bridgehead atoms. The van der Waals surface area contributed by atoms with E-state index in [1.165, 1.54) is 35.5 Å². The fourth-order valence-corrected chi connectivity index (χ4v) is 4.38. The first-order chi connectivity index (χ1) is 14.2. The van der Waals surface area contributed by atoms with Crippen molar-refractivity contribution < 1.29 is 17.9 Å². The third-order valence-electron chi connectivity index (χ3n) is 4.93. The van der Waals surface area contributed by atoms with E-state index in [4.69, 9.17) is 4.74 Å². The Hall–Kier alpha value is -2.91. The summed E-state index contributed by atoms with van der Waals surface area (Å²) in [6, 6.07) is 11.6. The van der Waals surface area contributed by atoms with Gasteiger partial charge in [-0.2, -0.15) is 4.31 Å². The first-order valence-corrected chi connectivity index (χ1v) is 10.9. The van der Waals surface area contributed by atoms with Crippen molar-refractivity contribution >= 4 is 27.0 Å². The van der Waals surface area contributed by atoms with Gasteiger partial charge in [-0.05, 0) is 49.4 Å². The van der Waals surface area contributed by atoms with Crippen molar-refractivity contribution in [2.45, 2.75) is 24.9 Å². The smallest absolute Gasteiger partial charge is 0.253 e. The lowest BCUT2D eigenvalue weighted by Gasteiger charge is -2.17. The second-order valence-electron chi connectivity index (χ2n) is 7.11. The molecule has 0 radical (unpaired) electrons. The quantitative estimate of drug-likeness (QED) is 0.575. The van der Waals surface area contributed by atoms with Gasteiger partial charge < -0.3 is 14.2 Å². The van der Waals surface area contributed by atoms with E-state index in [1.54, 1.807) is 38.4 Å². The molecule has 1 aromatic heterocycles. The van der Waals surface area contributed by atoms with Crippen molar-refractivity contribution in [3.8, 4) is 5.75 Å². The molecule has 1 heterocycles. The third-order valence-corrected chi connectivity index (χ3v) is 6.75. The molecule has 0 aliphatic rings. The first kappa shape index (κ1) is 21.8. The number of hydrogen-bond donors (Lipinski definition) is 0. The van der Waals surface area contributed by atoms with Crippen molar-refractivity contribution in [2.75, 3.05) is 28.3 Å². The Morgan fingerprint density at radius 2 is 1.77 bits per heavy atom. The van der Waals surface area contributed by atoms with Crippen molar-refractivity contribution in [3.63, 3.8) is 0 Å². The Morgan fingerprint density at radius 3 is 2.33 bits per heavy atom. The van der Waals surface area contributed by atoms with Gasteiger partial charge >= 0.3 is 0 Å². The van der Waals surface area contributed by atoms with Crippen LogP contribution in [0.3, 0.4) is 0 Å². The summed E-state index contributed by atoms with van der Waals surface area (Å²) in [6.45, 7) is 2.71. The molecule has 0 aliphatic carbocycles. The molecule has 0 N–H and O–H groups in total. The van der Waals surface area contributed by atoms with Crippen LogP contribution in [0.1, 0.15) is 23.1 Å². The van der Waals surface area contributed by atoms with Crippen molar-refractivity contribution in [3.05, 3.63) is 53.9 Å². The van der Waals surface area contributed by atoms with Crippen LogP contribution in [0.15, 0.2) is 47.4 Å². The molecule has 30 heavy (non-hydrogen) atoms. The highest BCUT2D eigenvalue weighted by atomic mass is 32.2. The van der Waals surface area contributed by atoms with E-state index in [0.29, 0.717) is 29.2 Å². The zero-order chi connectivity index (χ0) is 22.1. The monoisotopic (exact) mass is 430 g/mol. The molecule has 0 saturated heterocycles. The highest BCUT2D eigenvalue weighted by molar-refractivity contribution is 7.89. The summed E-state index contributed by atoms with van der Waals surface area (Å²) in [5, 5.41) is 0. The second kappa shape index (κ2) is 8.45. The SMILES string of the molecule is CCn1c(CN(C)S(=O)(=O)c2ccc(OC)cc2)nc2cc(C(=O)N(C)C)ccc21. The van der Waals surface area contributed by atoms with E-state index in [0.717, 1.165) is 5.52 Å². The van der Waals surface area contributed by atoms with Crippen LogP contribution in [0.2, 0.25) is 0 Å². The minimum absolute atomic E-state index is 0.105. The summed E-state index contributed by atoms with van der Waals surface area (Å²) in [5.41, 5.74) is 2.06. The number of carbonyl (C=O) groups is 1. The maximum Gasteiger partial charge on any atom is 0.253 e. The van der Waals surface area contributed by atoms with Gasteiger partial charge in [-0.25, -0.2) is 13.4 Å². The maximum atomic E-state index is 13.0. The normalized spacial score (nSPS) is 11.8. The van der Waals surface area contributed by atoms with Crippen LogP contribution < -0.4 is 4.74 Å². The Bertz CT molecular complexity index is 1170. The van der Waals surface area contributed by atoms with Gasteiger partial charge in [0.15, 0.2) is 0 Å². The van der Waals surface area contributed by atoms with Gasteiger partial charge in [-0.1, -0.05) is 0 Å². The van der Waals surface area contributed by atoms with Gasteiger partial charge in [-0.15, -0.1) is 0 Å². The second-order valence-corrected chi connectivity index (χ2v) is 9.16. The van der Waals surface area contributed by atoms with E-state index < -0.39 is 10.0 Å².